The molecule has 7 heteroatoms. The van der Waals surface area contributed by atoms with Crippen LogP contribution in [0.15, 0.2) is 53.4 Å². The average Bonchev–Trinajstić information content (AvgIpc) is 3.01. The monoisotopic (exact) mass is 342 g/mol. The molecule has 1 heterocycles. The Morgan fingerprint density at radius 1 is 1.12 bits per heavy atom. The third-order valence-corrected chi connectivity index (χ3v) is 4.92. The molecule has 0 N–H and O–H groups in total. The Hall–Kier alpha value is -2.85. The van der Waals surface area contributed by atoms with Gasteiger partial charge in [-0.2, -0.15) is 13.7 Å². The normalized spacial score (nSPS) is 14.5. The second kappa shape index (κ2) is 6.34. The molecule has 1 aliphatic heterocycles. The number of carbonyl (C=O) groups is 1. The van der Waals surface area contributed by atoms with Gasteiger partial charge in [-0.25, -0.2) is 0 Å². The summed E-state index contributed by atoms with van der Waals surface area (Å²) < 4.78 is 29.6. The second-order valence-electron chi connectivity index (χ2n) is 5.32. The van der Waals surface area contributed by atoms with Crippen LogP contribution in [0.3, 0.4) is 0 Å². The fraction of sp³-hybridized carbons (Fsp3) is 0.176. The molecule has 0 bridgehead atoms. The third kappa shape index (κ3) is 3.24. The van der Waals surface area contributed by atoms with Crippen LogP contribution in [0, 0.1) is 11.3 Å². The average molecular weight is 342 g/mol. The maximum Gasteiger partial charge on any atom is 0.339 e. The topological polar surface area (TPSA) is 87.5 Å². The molecule has 0 atom stereocenters. The van der Waals surface area contributed by atoms with Crippen molar-refractivity contribution in [3.05, 3.63) is 54.1 Å². The van der Waals surface area contributed by atoms with Crippen molar-refractivity contribution in [2.45, 2.75) is 17.7 Å². The highest BCUT2D eigenvalue weighted by molar-refractivity contribution is 7.87. The lowest BCUT2D eigenvalue weighted by Crippen LogP contribution is -2.23. The predicted molar refractivity (Wildman–Crippen MR) is 87.0 cm³/mol. The number of carbonyl (C=O) groups excluding carboxylic acids is 1. The van der Waals surface area contributed by atoms with Crippen LogP contribution in [0.25, 0.3) is 0 Å². The largest absolute Gasteiger partial charge is 0.379 e. The number of amides is 1. The van der Waals surface area contributed by atoms with Gasteiger partial charge in [-0.15, -0.1) is 0 Å². The highest BCUT2D eigenvalue weighted by Crippen LogP contribution is 2.25. The minimum absolute atomic E-state index is 0.0598. The zero-order valence-electron chi connectivity index (χ0n) is 12.7. The van der Waals surface area contributed by atoms with Crippen molar-refractivity contribution in [3.8, 4) is 11.8 Å². The van der Waals surface area contributed by atoms with E-state index in [1.54, 1.807) is 17.0 Å². The fourth-order valence-corrected chi connectivity index (χ4v) is 3.48. The van der Waals surface area contributed by atoms with Gasteiger partial charge in [-0.3, -0.25) is 4.79 Å². The van der Waals surface area contributed by atoms with E-state index < -0.39 is 10.1 Å². The third-order valence-electron chi connectivity index (χ3n) is 3.68. The van der Waals surface area contributed by atoms with E-state index in [-0.39, 0.29) is 22.1 Å². The molecule has 0 spiro atoms. The first-order valence-corrected chi connectivity index (χ1v) is 8.75. The van der Waals surface area contributed by atoms with Crippen LogP contribution in [0.5, 0.6) is 5.75 Å². The molecule has 1 fully saturated rings. The lowest BCUT2D eigenvalue weighted by Gasteiger charge is -2.16. The van der Waals surface area contributed by atoms with Gasteiger partial charge >= 0.3 is 10.1 Å². The van der Waals surface area contributed by atoms with Crippen LogP contribution in [-0.4, -0.2) is 20.9 Å². The van der Waals surface area contributed by atoms with Crippen LogP contribution >= 0.6 is 0 Å². The molecular formula is C17H14N2O4S. The number of hydrogen-bond acceptors (Lipinski definition) is 5. The molecule has 3 rings (SSSR count). The fourth-order valence-electron chi connectivity index (χ4n) is 2.50. The van der Waals surface area contributed by atoms with Gasteiger partial charge in [0.2, 0.25) is 5.91 Å². The molecule has 6 nitrogen and oxygen atoms in total. The molecular weight excluding hydrogens is 328 g/mol. The number of benzene rings is 2. The molecule has 1 aliphatic rings. The van der Waals surface area contributed by atoms with Crippen LogP contribution in [0.4, 0.5) is 5.69 Å². The highest BCUT2D eigenvalue weighted by Gasteiger charge is 2.22. The molecule has 24 heavy (non-hydrogen) atoms. The summed E-state index contributed by atoms with van der Waals surface area (Å²) in [5.74, 6) is 0.206. The summed E-state index contributed by atoms with van der Waals surface area (Å²) in [6, 6.07) is 13.8. The van der Waals surface area contributed by atoms with E-state index >= 15 is 0 Å². The van der Waals surface area contributed by atoms with Gasteiger partial charge in [-0.1, -0.05) is 6.07 Å². The minimum atomic E-state index is -4.02. The van der Waals surface area contributed by atoms with Crippen molar-refractivity contribution in [1.29, 1.82) is 5.26 Å². The molecule has 2 aromatic carbocycles. The zero-order valence-corrected chi connectivity index (χ0v) is 13.5. The highest BCUT2D eigenvalue weighted by atomic mass is 32.2. The molecule has 0 saturated carbocycles. The van der Waals surface area contributed by atoms with Gasteiger partial charge < -0.3 is 9.08 Å². The van der Waals surface area contributed by atoms with Crippen molar-refractivity contribution in [2.75, 3.05) is 11.4 Å². The summed E-state index contributed by atoms with van der Waals surface area (Å²) in [5, 5.41) is 8.86. The Labute approximate surface area is 140 Å². The number of nitrogens with zero attached hydrogens (tertiary/aromatic N) is 2. The Balaban J connectivity index is 1.80. The molecule has 0 unspecified atom stereocenters. The zero-order chi connectivity index (χ0) is 17.2. The Bertz CT molecular complexity index is 914. The summed E-state index contributed by atoms with van der Waals surface area (Å²) in [6.45, 7) is 0.665. The van der Waals surface area contributed by atoms with Crippen LogP contribution in [-0.2, 0) is 14.9 Å². The van der Waals surface area contributed by atoms with Gasteiger partial charge in [0.05, 0.1) is 11.6 Å². The molecule has 2 aromatic rings. The SMILES string of the molecule is N#Cc1cccc(S(=O)(=O)Oc2ccc(N3CCCC3=O)cc2)c1. The van der Waals surface area contributed by atoms with Gasteiger partial charge in [0.25, 0.3) is 0 Å². The van der Waals surface area contributed by atoms with Crippen molar-refractivity contribution >= 4 is 21.7 Å². The minimum Gasteiger partial charge on any atom is -0.379 e. The van der Waals surface area contributed by atoms with E-state index in [0.29, 0.717) is 18.7 Å². The number of nitriles is 1. The molecule has 1 saturated heterocycles. The summed E-state index contributed by atoms with van der Waals surface area (Å²) >= 11 is 0. The lowest BCUT2D eigenvalue weighted by atomic mass is 10.2. The second-order valence-corrected chi connectivity index (χ2v) is 6.87. The van der Waals surface area contributed by atoms with Crippen molar-refractivity contribution < 1.29 is 17.4 Å². The van der Waals surface area contributed by atoms with E-state index in [9.17, 15) is 13.2 Å². The van der Waals surface area contributed by atoms with Crippen molar-refractivity contribution in [1.82, 2.24) is 0 Å². The summed E-state index contributed by atoms with van der Waals surface area (Å²) in [7, 11) is -4.02. The Morgan fingerprint density at radius 3 is 2.50 bits per heavy atom. The van der Waals surface area contributed by atoms with E-state index in [1.807, 2.05) is 6.07 Å². The molecule has 0 aliphatic carbocycles. The Kier molecular flexibility index (Phi) is 4.23. The van der Waals surface area contributed by atoms with Gasteiger partial charge in [0.1, 0.15) is 10.6 Å². The van der Waals surface area contributed by atoms with E-state index in [2.05, 4.69) is 0 Å². The standard InChI is InChI=1S/C17H14N2O4S/c18-12-13-3-1-4-16(11-13)24(21,22)23-15-8-6-14(7-9-15)19-10-2-5-17(19)20/h1,3-4,6-9,11H,2,5,10H2. The first kappa shape index (κ1) is 16.0. The van der Waals surface area contributed by atoms with E-state index in [1.165, 1.54) is 36.4 Å². The molecule has 1 amide bonds. The van der Waals surface area contributed by atoms with Gasteiger partial charge in [-0.05, 0) is 48.9 Å². The number of anilines is 1. The van der Waals surface area contributed by atoms with Gasteiger partial charge in [0.15, 0.2) is 0 Å². The molecule has 0 aromatic heterocycles. The van der Waals surface area contributed by atoms with Gasteiger partial charge in [0, 0.05) is 18.7 Å². The van der Waals surface area contributed by atoms with Crippen molar-refractivity contribution in [2.24, 2.45) is 0 Å². The van der Waals surface area contributed by atoms with Crippen molar-refractivity contribution in [3.63, 3.8) is 0 Å². The van der Waals surface area contributed by atoms with Crippen LogP contribution < -0.4 is 9.08 Å². The quantitative estimate of drug-likeness (QED) is 0.797. The predicted octanol–water partition coefficient (Wildman–Crippen LogP) is 2.45. The summed E-state index contributed by atoms with van der Waals surface area (Å²) in [6.07, 6.45) is 1.35. The first-order valence-electron chi connectivity index (χ1n) is 7.35. The number of hydrogen-bond donors (Lipinski definition) is 0. The van der Waals surface area contributed by atoms with Crippen LogP contribution in [0.2, 0.25) is 0 Å². The maximum atomic E-state index is 12.3. The lowest BCUT2D eigenvalue weighted by molar-refractivity contribution is -0.117. The summed E-state index contributed by atoms with van der Waals surface area (Å²) in [5.41, 5.74) is 0.955. The maximum absolute atomic E-state index is 12.3. The molecule has 0 radical (unpaired) electrons. The number of rotatable bonds is 4. The molecule has 122 valence electrons. The van der Waals surface area contributed by atoms with Crippen LogP contribution in [0.1, 0.15) is 18.4 Å². The Morgan fingerprint density at radius 2 is 1.88 bits per heavy atom. The summed E-state index contributed by atoms with van der Waals surface area (Å²) in [4.78, 5) is 13.3. The smallest absolute Gasteiger partial charge is 0.339 e. The first-order chi connectivity index (χ1) is 11.5. The van der Waals surface area contributed by atoms with E-state index in [0.717, 1.165) is 6.42 Å². The van der Waals surface area contributed by atoms with E-state index in [4.69, 9.17) is 9.44 Å².